The summed E-state index contributed by atoms with van der Waals surface area (Å²) in [6.07, 6.45) is 4.66. The van der Waals surface area contributed by atoms with E-state index in [9.17, 15) is 9.59 Å². The fraction of sp³-hybridized carbons (Fsp3) is 0.818. The van der Waals surface area contributed by atoms with Gasteiger partial charge in [0.2, 0.25) is 5.91 Å². The minimum Gasteiger partial charge on any atom is -0.480 e. The van der Waals surface area contributed by atoms with E-state index in [2.05, 4.69) is 6.92 Å². The third-order valence-corrected chi connectivity index (χ3v) is 2.30. The smallest absolute Gasteiger partial charge is 0.323 e. The second kappa shape index (κ2) is 8.26. The first-order chi connectivity index (χ1) is 7.11. The molecule has 4 nitrogen and oxygen atoms in total. The van der Waals surface area contributed by atoms with E-state index in [1.165, 1.54) is 4.90 Å². The molecule has 88 valence electrons. The zero-order chi connectivity index (χ0) is 11.7. The zero-order valence-electron chi connectivity index (χ0n) is 9.66. The number of likely N-dealkylation sites (N-methyl/N-ethyl adjacent to an activating group) is 1. The number of unbranched alkanes of at least 4 members (excludes halogenated alkanes) is 3. The zero-order valence-corrected chi connectivity index (χ0v) is 9.66. The third-order valence-electron chi connectivity index (χ3n) is 2.30. The normalized spacial score (nSPS) is 10.0. The molecule has 0 aromatic heterocycles. The van der Waals surface area contributed by atoms with E-state index in [1.54, 1.807) is 6.92 Å². The third kappa shape index (κ3) is 6.94. The van der Waals surface area contributed by atoms with Crippen LogP contribution in [0.3, 0.4) is 0 Å². The van der Waals surface area contributed by atoms with Gasteiger partial charge in [0.1, 0.15) is 6.54 Å². The summed E-state index contributed by atoms with van der Waals surface area (Å²) < 4.78 is 0. The SMILES string of the molecule is CCCCCCC(=O)N(CC)CC(=O)O. The molecule has 4 heteroatoms. The average Bonchev–Trinajstić information content (AvgIpc) is 2.20. The Morgan fingerprint density at radius 3 is 2.27 bits per heavy atom. The van der Waals surface area contributed by atoms with Crippen LogP contribution in [-0.2, 0) is 9.59 Å². The van der Waals surface area contributed by atoms with E-state index in [0.717, 1.165) is 25.7 Å². The Morgan fingerprint density at radius 1 is 1.13 bits per heavy atom. The molecular formula is C11H21NO3. The van der Waals surface area contributed by atoms with Crippen molar-refractivity contribution in [1.29, 1.82) is 0 Å². The Balaban J connectivity index is 3.78. The van der Waals surface area contributed by atoms with Crippen LogP contribution in [-0.4, -0.2) is 35.0 Å². The molecule has 0 fully saturated rings. The molecule has 0 aliphatic carbocycles. The quantitative estimate of drug-likeness (QED) is 0.629. The lowest BCUT2D eigenvalue weighted by Crippen LogP contribution is -2.35. The van der Waals surface area contributed by atoms with Crippen LogP contribution in [0.25, 0.3) is 0 Å². The van der Waals surface area contributed by atoms with Crippen LogP contribution >= 0.6 is 0 Å². The number of hydrogen-bond acceptors (Lipinski definition) is 2. The van der Waals surface area contributed by atoms with E-state index in [1.807, 2.05) is 0 Å². The molecule has 15 heavy (non-hydrogen) atoms. The van der Waals surface area contributed by atoms with Crippen LogP contribution in [0.15, 0.2) is 0 Å². The molecule has 0 saturated carbocycles. The number of carbonyl (C=O) groups is 2. The van der Waals surface area contributed by atoms with Crippen LogP contribution in [0.4, 0.5) is 0 Å². The molecule has 0 aliphatic heterocycles. The highest BCUT2D eigenvalue weighted by molar-refractivity contribution is 5.81. The van der Waals surface area contributed by atoms with Crippen LogP contribution in [0.5, 0.6) is 0 Å². The van der Waals surface area contributed by atoms with Crippen molar-refractivity contribution in [2.24, 2.45) is 0 Å². The number of aliphatic carboxylic acids is 1. The van der Waals surface area contributed by atoms with Crippen molar-refractivity contribution in [2.45, 2.75) is 46.0 Å². The molecule has 0 bridgehead atoms. The predicted octanol–water partition coefficient (Wildman–Crippen LogP) is 1.89. The highest BCUT2D eigenvalue weighted by Crippen LogP contribution is 2.05. The molecule has 0 aromatic rings. The van der Waals surface area contributed by atoms with Crippen LogP contribution in [0.1, 0.15) is 46.0 Å². The molecule has 1 N–H and O–H groups in total. The monoisotopic (exact) mass is 215 g/mol. The molecule has 0 heterocycles. The Labute approximate surface area is 91.3 Å². The van der Waals surface area contributed by atoms with Crippen molar-refractivity contribution in [1.82, 2.24) is 4.90 Å². The molecule has 0 unspecified atom stereocenters. The largest absolute Gasteiger partial charge is 0.480 e. The summed E-state index contributed by atoms with van der Waals surface area (Å²) in [4.78, 5) is 23.4. The molecule has 0 radical (unpaired) electrons. The van der Waals surface area contributed by atoms with Crippen LogP contribution < -0.4 is 0 Å². The van der Waals surface area contributed by atoms with Crippen molar-refractivity contribution in [3.8, 4) is 0 Å². The molecule has 0 spiro atoms. The maximum atomic E-state index is 11.5. The van der Waals surface area contributed by atoms with Gasteiger partial charge in [0.25, 0.3) is 0 Å². The highest BCUT2D eigenvalue weighted by atomic mass is 16.4. The predicted molar refractivity (Wildman–Crippen MR) is 58.6 cm³/mol. The minimum atomic E-state index is -0.946. The first-order valence-corrected chi connectivity index (χ1v) is 5.61. The fourth-order valence-corrected chi connectivity index (χ4v) is 1.40. The summed E-state index contributed by atoms with van der Waals surface area (Å²) >= 11 is 0. The van der Waals surface area contributed by atoms with Gasteiger partial charge in [-0.25, -0.2) is 0 Å². The minimum absolute atomic E-state index is 0.0454. The number of nitrogens with zero attached hydrogens (tertiary/aromatic N) is 1. The van der Waals surface area contributed by atoms with Crippen molar-refractivity contribution < 1.29 is 14.7 Å². The van der Waals surface area contributed by atoms with Gasteiger partial charge in [-0.3, -0.25) is 9.59 Å². The van der Waals surface area contributed by atoms with Crippen LogP contribution in [0.2, 0.25) is 0 Å². The van der Waals surface area contributed by atoms with Gasteiger partial charge in [-0.1, -0.05) is 26.2 Å². The first-order valence-electron chi connectivity index (χ1n) is 5.61. The summed E-state index contributed by atoms with van der Waals surface area (Å²) in [5.74, 6) is -0.991. The molecule has 0 rings (SSSR count). The first kappa shape index (κ1) is 13.9. The summed E-state index contributed by atoms with van der Waals surface area (Å²) in [5.41, 5.74) is 0. The summed E-state index contributed by atoms with van der Waals surface area (Å²) in [6, 6.07) is 0. The highest BCUT2D eigenvalue weighted by Gasteiger charge is 2.13. The number of carboxylic acids is 1. The number of amides is 1. The Hall–Kier alpha value is -1.06. The lowest BCUT2D eigenvalue weighted by Gasteiger charge is -2.18. The van der Waals surface area contributed by atoms with Gasteiger partial charge in [0.15, 0.2) is 0 Å². The lowest BCUT2D eigenvalue weighted by atomic mass is 10.1. The Kier molecular flexibility index (Phi) is 7.68. The summed E-state index contributed by atoms with van der Waals surface area (Å²) in [6.45, 7) is 4.21. The van der Waals surface area contributed by atoms with E-state index in [-0.39, 0.29) is 12.5 Å². The summed E-state index contributed by atoms with van der Waals surface area (Å²) in [7, 11) is 0. The second-order valence-electron chi connectivity index (χ2n) is 3.61. The molecule has 0 aliphatic rings. The number of carboxylic acid groups (broad SMARTS) is 1. The number of rotatable bonds is 8. The number of hydrogen-bond donors (Lipinski definition) is 1. The summed E-state index contributed by atoms with van der Waals surface area (Å²) in [5, 5.41) is 8.58. The van der Waals surface area contributed by atoms with Crippen molar-refractivity contribution in [3.63, 3.8) is 0 Å². The van der Waals surface area contributed by atoms with Crippen molar-refractivity contribution >= 4 is 11.9 Å². The van der Waals surface area contributed by atoms with Gasteiger partial charge in [-0.2, -0.15) is 0 Å². The molecule has 0 atom stereocenters. The average molecular weight is 215 g/mol. The van der Waals surface area contributed by atoms with Crippen molar-refractivity contribution in [3.05, 3.63) is 0 Å². The van der Waals surface area contributed by atoms with E-state index in [0.29, 0.717) is 13.0 Å². The van der Waals surface area contributed by atoms with Crippen LogP contribution in [0, 0.1) is 0 Å². The topological polar surface area (TPSA) is 57.6 Å². The lowest BCUT2D eigenvalue weighted by molar-refractivity contribution is -0.144. The molecule has 0 saturated heterocycles. The van der Waals surface area contributed by atoms with Gasteiger partial charge >= 0.3 is 5.97 Å². The Bertz CT molecular complexity index is 204. The molecule has 1 amide bonds. The van der Waals surface area contributed by atoms with Gasteiger partial charge in [0.05, 0.1) is 0 Å². The maximum absolute atomic E-state index is 11.5. The van der Waals surface area contributed by atoms with Gasteiger partial charge in [0, 0.05) is 13.0 Å². The van der Waals surface area contributed by atoms with Gasteiger partial charge < -0.3 is 10.0 Å². The van der Waals surface area contributed by atoms with E-state index >= 15 is 0 Å². The maximum Gasteiger partial charge on any atom is 0.323 e. The van der Waals surface area contributed by atoms with E-state index in [4.69, 9.17) is 5.11 Å². The van der Waals surface area contributed by atoms with Crippen molar-refractivity contribution in [2.75, 3.05) is 13.1 Å². The molecule has 0 aromatic carbocycles. The standard InChI is InChI=1S/C11H21NO3/c1-3-5-6-7-8-10(13)12(4-2)9-11(14)15/h3-9H2,1-2H3,(H,14,15). The molecular weight excluding hydrogens is 194 g/mol. The van der Waals surface area contributed by atoms with E-state index < -0.39 is 5.97 Å². The fourth-order valence-electron chi connectivity index (χ4n) is 1.40. The second-order valence-corrected chi connectivity index (χ2v) is 3.61. The van der Waals surface area contributed by atoms with Gasteiger partial charge in [-0.15, -0.1) is 0 Å². The number of carbonyl (C=O) groups excluding carboxylic acids is 1. The Morgan fingerprint density at radius 2 is 1.80 bits per heavy atom. The van der Waals surface area contributed by atoms with Gasteiger partial charge in [-0.05, 0) is 13.3 Å².